The van der Waals surface area contributed by atoms with Crippen LogP contribution in [0.4, 0.5) is 10.5 Å². The summed E-state index contributed by atoms with van der Waals surface area (Å²) in [7, 11) is 0. The highest BCUT2D eigenvalue weighted by atomic mass is 35.5. The molecule has 1 N–H and O–H groups in total. The molecule has 1 heterocycles. The average molecular weight is 408 g/mol. The van der Waals surface area contributed by atoms with Crippen molar-refractivity contribution < 1.29 is 9.59 Å². The van der Waals surface area contributed by atoms with E-state index in [0.29, 0.717) is 28.0 Å². The Bertz CT molecular complexity index is 885. The number of benzene rings is 2. The largest absolute Gasteiger partial charge is 0.326 e. The molecule has 3 rings (SSSR count). The SMILES string of the molecule is CC(=O)Nc1ccc(C2=NN(Cc3ccc(Cl)c(Cl)c3)C(=O)SC2)cc1. The van der Waals surface area contributed by atoms with Gasteiger partial charge < -0.3 is 5.32 Å². The lowest BCUT2D eigenvalue weighted by atomic mass is 10.1. The highest BCUT2D eigenvalue weighted by Crippen LogP contribution is 2.26. The molecule has 0 unspecified atom stereocenters. The van der Waals surface area contributed by atoms with Crippen LogP contribution in [-0.4, -0.2) is 27.6 Å². The number of hydrogen-bond acceptors (Lipinski definition) is 4. The van der Waals surface area contributed by atoms with Crippen molar-refractivity contribution >= 4 is 57.5 Å². The number of carbonyl (C=O) groups excluding carboxylic acids is 2. The Hall–Kier alpha value is -2.02. The number of anilines is 1. The van der Waals surface area contributed by atoms with Gasteiger partial charge in [-0.3, -0.25) is 9.59 Å². The first-order chi connectivity index (χ1) is 12.4. The van der Waals surface area contributed by atoms with E-state index in [2.05, 4.69) is 10.4 Å². The van der Waals surface area contributed by atoms with Crippen molar-refractivity contribution in [3.63, 3.8) is 0 Å². The minimum Gasteiger partial charge on any atom is -0.326 e. The van der Waals surface area contributed by atoms with Crippen molar-refractivity contribution in [2.75, 3.05) is 11.1 Å². The normalized spacial score (nSPS) is 14.2. The lowest BCUT2D eigenvalue weighted by Gasteiger charge is -2.23. The van der Waals surface area contributed by atoms with Gasteiger partial charge in [-0.15, -0.1) is 0 Å². The first-order valence-electron chi connectivity index (χ1n) is 7.76. The van der Waals surface area contributed by atoms with Gasteiger partial charge in [0, 0.05) is 18.4 Å². The molecule has 0 bridgehead atoms. The number of nitrogens with zero attached hydrogens (tertiary/aromatic N) is 2. The summed E-state index contributed by atoms with van der Waals surface area (Å²) in [6.07, 6.45) is 0. The molecule has 1 aliphatic rings. The van der Waals surface area contributed by atoms with Crippen LogP contribution < -0.4 is 5.32 Å². The van der Waals surface area contributed by atoms with Crippen LogP contribution in [0.15, 0.2) is 47.6 Å². The number of rotatable bonds is 4. The van der Waals surface area contributed by atoms with E-state index in [1.54, 1.807) is 12.1 Å². The summed E-state index contributed by atoms with van der Waals surface area (Å²) < 4.78 is 0. The zero-order valence-corrected chi connectivity index (χ0v) is 16.2. The number of amides is 2. The van der Waals surface area contributed by atoms with E-state index >= 15 is 0 Å². The van der Waals surface area contributed by atoms with Gasteiger partial charge in [0.25, 0.3) is 0 Å². The topological polar surface area (TPSA) is 61.8 Å². The Labute approximate surface area is 165 Å². The van der Waals surface area contributed by atoms with Crippen LogP contribution in [0, 0.1) is 0 Å². The van der Waals surface area contributed by atoms with Crippen LogP contribution in [0.25, 0.3) is 0 Å². The van der Waals surface area contributed by atoms with E-state index < -0.39 is 0 Å². The summed E-state index contributed by atoms with van der Waals surface area (Å²) in [5.74, 6) is 0.373. The minimum atomic E-state index is -0.123. The Morgan fingerprint density at radius 1 is 1.19 bits per heavy atom. The number of nitrogens with one attached hydrogen (secondary N) is 1. The molecule has 0 aromatic heterocycles. The Morgan fingerprint density at radius 3 is 2.58 bits per heavy atom. The third kappa shape index (κ3) is 4.58. The molecule has 0 radical (unpaired) electrons. The second kappa shape index (κ2) is 8.12. The monoisotopic (exact) mass is 407 g/mol. The summed E-state index contributed by atoms with van der Waals surface area (Å²) in [5, 5.41) is 9.43. The summed E-state index contributed by atoms with van der Waals surface area (Å²) in [4.78, 5) is 23.3. The Kier molecular flexibility index (Phi) is 5.86. The average Bonchev–Trinajstić information content (AvgIpc) is 2.60. The van der Waals surface area contributed by atoms with Crippen molar-refractivity contribution in [2.24, 2.45) is 5.10 Å². The van der Waals surface area contributed by atoms with Crippen LogP contribution >= 0.6 is 35.0 Å². The van der Waals surface area contributed by atoms with Crippen molar-refractivity contribution in [3.05, 3.63) is 63.6 Å². The molecule has 2 aromatic carbocycles. The summed E-state index contributed by atoms with van der Waals surface area (Å²) in [6, 6.07) is 12.6. The van der Waals surface area contributed by atoms with Gasteiger partial charge in [0.2, 0.25) is 5.91 Å². The second-order valence-corrected chi connectivity index (χ2v) is 7.41. The van der Waals surface area contributed by atoms with Gasteiger partial charge in [-0.1, -0.05) is 53.2 Å². The van der Waals surface area contributed by atoms with E-state index in [1.165, 1.54) is 23.7 Å². The molecule has 0 spiro atoms. The van der Waals surface area contributed by atoms with Gasteiger partial charge in [-0.2, -0.15) is 5.10 Å². The quantitative estimate of drug-likeness (QED) is 0.773. The molecule has 0 aliphatic carbocycles. The smallest absolute Gasteiger partial charge is 0.302 e. The summed E-state index contributed by atoms with van der Waals surface area (Å²) in [6.45, 7) is 1.78. The van der Waals surface area contributed by atoms with Crippen molar-refractivity contribution in [1.82, 2.24) is 5.01 Å². The molecule has 2 amide bonds. The van der Waals surface area contributed by atoms with Gasteiger partial charge in [-0.25, -0.2) is 5.01 Å². The molecule has 0 atom stereocenters. The van der Waals surface area contributed by atoms with E-state index in [4.69, 9.17) is 23.2 Å². The summed E-state index contributed by atoms with van der Waals surface area (Å²) in [5.41, 5.74) is 3.26. The van der Waals surface area contributed by atoms with Gasteiger partial charge in [0.05, 0.1) is 22.3 Å². The molecule has 2 aromatic rings. The number of thioether (sulfide) groups is 1. The summed E-state index contributed by atoms with van der Waals surface area (Å²) >= 11 is 13.2. The zero-order chi connectivity index (χ0) is 18.7. The van der Waals surface area contributed by atoms with Gasteiger partial charge in [0.15, 0.2) is 0 Å². The third-order valence-corrected chi connectivity index (χ3v) is 5.25. The maximum atomic E-state index is 12.2. The van der Waals surface area contributed by atoms with E-state index in [-0.39, 0.29) is 11.1 Å². The van der Waals surface area contributed by atoms with Crippen molar-refractivity contribution in [1.29, 1.82) is 0 Å². The number of hydrogen-bond donors (Lipinski definition) is 1. The lowest BCUT2D eigenvalue weighted by molar-refractivity contribution is -0.114. The first-order valence-corrected chi connectivity index (χ1v) is 9.50. The third-order valence-electron chi connectivity index (χ3n) is 3.64. The molecule has 134 valence electrons. The predicted molar refractivity (Wildman–Crippen MR) is 107 cm³/mol. The highest BCUT2D eigenvalue weighted by Gasteiger charge is 2.22. The molecule has 26 heavy (non-hydrogen) atoms. The Morgan fingerprint density at radius 2 is 1.92 bits per heavy atom. The Balaban J connectivity index is 1.79. The number of halogens is 2. The molecule has 0 fully saturated rings. The minimum absolute atomic E-state index is 0.116. The van der Waals surface area contributed by atoms with E-state index in [9.17, 15) is 9.59 Å². The molecule has 5 nitrogen and oxygen atoms in total. The number of hydrazone groups is 1. The fraction of sp³-hybridized carbons (Fsp3) is 0.167. The fourth-order valence-corrected chi connectivity index (χ4v) is 3.48. The van der Waals surface area contributed by atoms with Crippen LogP contribution in [0.2, 0.25) is 10.0 Å². The first kappa shape index (κ1) is 18.8. The van der Waals surface area contributed by atoms with Gasteiger partial charge >= 0.3 is 5.24 Å². The van der Waals surface area contributed by atoms with Crippen LogP contribution in [0.5, 0.6) is 0 Å². The second-order valence-electron chi connectivity index (χ2n) is 5.67. The van der Waals surface area contributed by atoms with E-state index in [1.807, 2.05) is 30.3 Å². The molecule has 0 saturated carbocycles. The maximum Gasteiger partial charge on any atom is 0.302 e. The standard InChI is InChI=1S/C18H15Cl2N3O2S/c1-11(24)21-14-5-3-13(4-6-14)17-10-26-18(25)23(22-17)9-12-2-7-15(19)16(20)8-12/h2-8H,9-10H2,1H3,(H,21,24). The van der Waals surface area contributed by atoms with Crippen LogP contribution in [0.3, 0.4) is 0 Å². The fourth-order valence-electron chi connectivity index (χ4n) is 2.42. The zero-order valence-electron chi connectivity index (χ0n) is 13.8. The van der Waals surface area contributed by atoms with Crippen molar-refractivity contribution in [2.45, 2.75) is 13.5 Å². The molecule has 1 aliphatic heterocycles. The lowest BCUT2D eigenvalue weighted by Crippen LogP contribution is -2.29. The van der Waals surface area contributed by atoms with Crippen LogP contribution in [0.1, 0.15) is 18.1 Å². The van der Waals surface area contributed by atoms with E-state index in [0.717, 1.165) is 16.8 Å². The molecule has 8 heteroatoms. The molecular weight excluding hydrogens is 393 g/mol. The van der Waals surface area contributed by atoms with Crippen molar-refractivity contribution in [3.8, 4) is 0 Å². The van der Waals surface area contributed by atoms with Crippen LogP contribution in [-0.2, 0) is 11.3 Å². The number of carbonyl (C=O) groups is 2. The van der Waals surface area contributed by atoms with Gasteiger partial charge in [-0.05, 0) is 35.4 Å². The maximum absolute atomic E-state index is 12.2. The predicted octanol–water partition coefficient (Wildman–Crippen LogP) is 5.02. The van der Waals surface area contributed by atoms with Gasteiger partial charge in [0.1, 0.15) is 0 Å². The molecule has 0 saturated heterocycles. The molecular formula is C18H15Cl2N3O2S. The highest BCUT2D eigenvalue weighted by molar-refractivity contribution is 8.14.